The van der Waals surface area contributed by atoms with Gasteiger partial charge in [0.1, 0.15) is 0 Å². The van der Waals surface area contributed by atoms with Gasteiger partial charge in [0.15, 0.2) is 0 Å². The number of para-hydroxylation sites is 4. The molecule has 4 heterocycles. The zero-order valence-electron chi connectivity index (χ0n) is 42.4. The molecule has 0 fully saturated rings. The topological polar surface area (TPSA) is 64.5 Å². The van der Waals surface area contributed by atoms with Crippen LogP contribution in [0.5, 0.6) is 0 Å². The van der Waals surface area contributed by atoms with Gasteiger partial charge in [0, 0.05) is 70.3 Å². The maximum absolute atomic E-state index is 4.59. The number of anilines is 12. The van der Waals surface area contributed by atoms with Crippen LogP contribution in [0, 0.1) is 0 Å². The van der Waals surface area contributed by atoms with Gasteiger partial charge in [0.05, 0.1) is 47.5 Å². The molecule has 0 atom stereocenters. The minimum atomic E-state index is 0.922. The van der Waals surface area contributed by atoms with Crippen LogP contribution in [0.4, 0.5) is 68.2 Å². The van der Waals surface area contributed by atoms with Crippen molar-refractivity contribution in [3.05, 3.63) is 304 Å². The lowest BCUT2D eigenvalue weighted by atomic mass is 9.85. The van der Waals surface area contributed by atoms with Crippen molar-refractivity contribution in [2.45, 2.75) is 0 Å². The number of aromatic nitrogens is 4. The van der Waals surface area contributed by atoms with Crippen LogP contribution < -0.4 is 19.6 Å². The van der Waals surface area contributed by atoms with Crippen molar-refractivity contribution in [2.24, 2.45) is 0 Å². The van der Waals surface area contributed by atoms with E-state index >= 15 is 0 Å². The van der Waals surface area contributed by atoms with E-state index < -0.39 is 0 Å². The Morgan fingerprint density at radius 3 is 0.705 bits per heavy atom. The molecular weight excluding hydrogens is 953 g/mol. The Morgan fingerprint density at radius 2 is 0.436 bits per heavy atom. The van der Waals surface area contributed by atoms with Gasteiger partial charge in [-0.15, -0.1) is 0 Å². The smallest absolute Gasteiger partial charge is 0.0645 e. The maximum atomic E-state index is 4.59. The zero-order valence-corrected chi connectivity index (χ0v) is 42.4. The monoisotopic (exact) mass is 1000 g/mol. The highest BCUT2D eigenvalue weighted by Crippen LogP contribution is 2.49. The van der Waals surface area contributed by atoms with Crippen molar-refractivity contribution in [1.29, 1.82) is 0 Å². The molecule has 0 aliphatic heterocycles. The van der Waals surface area contributed by atoms with Gasteiger partial charge in [-0.1, -0.05) is 109 Å². The molecule has 0 bridgehead atoms. The number of hydrogen-bond donors (Lipinski definition) is 0. The molecular formula is C70H50N8. The lowest BCUT2D eigenvalue weighted by Gasteiger charge is -2.28. The van der Waals surface area contributed by atoms with E-state index in [1.807, 2.05) is 73.8 Å². The predicted molar refractivity (Wildman–Crippen MR) is 322 cm³/mol. The van der Waals surface area contributed by atoms with Crippen molar-refractivity contribution in [2.75, 3.05) is 19.6 Å². The summed E-state index contributed by atoms with van der Waals surface area (Å²) in [6.45, 7) is 0. The first kappa shape index (κ1) is 47.0. The lowest BCUT2D eigenvalue weighted by Crippen LogP contribution is -2.11. The number of benzene rings is 9. The van der Waals surface area contributed by atoms with Gasteiger partial charge in [-0.3, -0.25) is 19.9 Å². The molecule has 0 saturated heterocycles. The Hall–Kier alpha value is -10.7. The molecule has 8 nitrogen and oxygen atoms in total. The second-order valence-corrected chi connectivity index (χ2v) is 18.8. The van der Waals surface area contributed by atoms with Crippen LogP contribution in [0.25, 0.3) is 43.8 Å². The molecule has 0 spiro atoms. The third-order valence-electron chi connectivity index (χ3n) is 14.1. The van der Waals surface area contributed by atoms with Gasteiger partial charge >= 0.3 is 0 Å². The van der Waals surface area contributed by atoms with E-state index in [2.05, 4.69) is 270 Å². The molecule has 8 heteroatoms. The second kappa shape index (κ2) is 21.3. The fourth-order valence-corrected chi connectivity index (χ4v) is 10.7. The molecule has 0 aliphatic carbocycles. The number of rotatable bonds is 14. The van der Waals surface area contributed by atoms with Gasteiger partial charge in [0.2, 0.25) is 0 Å². The summed E-state index contributed by atoms with van der Waals surface area (Å²) in [6, 6.07) is 90.3. The van der Waals surface area contributed by atoms with E-state index in [0.717, 1.165) is 112 Å². The van der Waals surface area contributed by atoms with Crippen LogP contribution in [-0.4, -0.2) is 19.9 Å². The predicted octanol–water partition coefficient (Wildman–Crippen LogP) is 18.8. The Balaban J connectivity index is 1.08. The van der Waals surface area contributed by atoms with E-state index in [-0.39, 0.29) is 0 Å². The summed E-state index contributed by atoms with van der Waals surface area (Å²) in [7, 11) is 0. The number of nitrogens with zero attached hydrogens (tertiary/aromatic N) is 8. The molecule has 13 rings (SSSR count). The molecule has 9 aromatic carbocycles. The SMILES string of the molecule is c1ccc(N(c2ccccc2)c2ccc(-c3c4ccc(N(c5cccnc5)c5cccnc5)cc4c(-c4ccc(N(c5ccccc5)c5ccccc5)cc4)c4ccc(N(c5cccnc5)c5cccnc5)cc34)cc2)cc1. The van der Waals surface area contributed by atoms with E-state index in [4.69, 9.17) is 0 Å². The van der Waals surface area contributed by atoms with Gasteiger partial charge < -0.3 is 19.6 Å². The summed E-state index contributed by atoms with van der Waals surface area (Å²) in [5.41, 5.74) is 16.4. The minimum absolute atomic E-state index is 0.922. The molecule has 4 aromatic heterocycles. The number of hydrogen-bond acceptors (Lipinski definition) is 8. The van der Waals surface area contributed by atoms with Crippen LogP contribution in [0.3, 0.4) is 0 Å². The average Bonchev–Trinajstić information content (AvgIpc) is 3.71. The van der Waals surface area contributed by atoms with Gasteiger partial charge in [-0.25, -0.2) is 0 Å². The van der Waals surface area contributed by atoms with Crippen LogP contribution in [0.2, 0.25) is 0 Å². The standard InChI is InChI=1S/C70H50N8/c1-5-17-53(18-6-1)75(54-19-7-2-8-20-54)57-33-29-51(30-34-57)69-65-39-37-60(78(63-27-15-43-73-49-63)64-28-16-44-74-50-64)46-68(65)70(52-31-35-58(36-32-52)76(55-21-9-3-10-22-55)56-23-11-4-12-24-56)66-40-38-59(45-67(66)69)77(61-25-13-41-71-47-61)62-26-14-42-72-48-62/h1-50H. The van der Waals surface area contributed by atoms with E-state index in [9.17, 15) is 0 Å². The normalized spacial score (nSPS) is 11.1. The molecule has 0 radical (unpaired) electrons. The highest BCUT2D eigenvalue weighted by Gasteiger charge is 2.24. The summed E-state index contributed by atoms with van der Waals surface area (Å²) < 4.78 is 0. The Kier molecular flexibility index (Phi) is 12.8. The van der Waals surface area contributed by atoms with Gasteiger partial charge in [-0.2, -0.15) is 0 Å². The third kappa shape index (κ3) is 9.20. The number of pyridine rings is 4. The van der Waals surface area contributed by atoms with Gasteiger partial charge in [-0.05, 0) is 189 Å². The summed E-state index contributed by atoms with van der Waals surface area (Å²) in [6.07, 6.45) is 14.9. The molecule has 0 saturated carbocycles. The molecule has 78 heavy (non-hydrogen) atoms. The Morgan fingerprint density at radius 1 is 0.192 bits per heavy atom. The fraction of sp³-hybridized carbons (Fsp3) is 0. The molecule has 13 aromatic rings. The quantitative estimate of drug-likeness (QED) is 0.0999. The summed E-state index contributed by atoms with van der Waals surface area (Å²) in [4.78, 5) is 27.4. The average molecular weight is 1000 g/mol. The van der Waals surface area contributed by atoms with Crippen LogP contribution in [0.15, 0.2) is 304 Å². The van der Waals surface area contributed by atoms with Crippen molar-refractivity contribution in [1.82, 2.24) is 19.9 Å². The number of fused-ring (bicyclic) bond motifs is 2. The molecule has 370 valence electrons. The van der Waals surface area contributed by atoms with Crippen LogP contribution in [-0.2, 0) is 0 Å². The van der Waals surface area contributed by atoms with E-state index in [0.29, 0.717) is 0 Å². The lowest BCUT2D eigenvalue weighted by molar-refractivity contribution is 1.20. The van der Waals surface area contributed by atoms with E-state index in [1.165, 1.54) is 0 Å². The maximum Gasteiger partial charge on any atom is 0.0645 e. The van der Waals surface area contributed by atoms with Crippen molar-refractivity contribution < 1.29 is 0 Å². The fourth-order valence-electron chi connectivity index (χ4n) is 10.7. The molecule has 0 amide bonds. The summed E-state index contributed by atoms with van der Waals surface area (Å²) >= 11 is 0. The summed E-state index contributed by atoms with van der Waals surface area (Å²) in [5, 5.41) is 4.37. The highest BCUT2D eigenvalue weighted by atomic mass is 15.2. The largest absolute Gasteiger partial charge is 0.311 e. The Labute approximate surface area is 453 Å². The first-order chi connectivity index (χ1) is 38.7. The third-order valence-corrected chi connectivity index (χ3v) is 14.1. The highest BCUT2D eigenvalue weighted by molar-refractivity contribution is 6.23. The van der Waals surface area contributed by atoms with Crippen LogP contribution >= 0.6 is 0 Å². The minimum Gasteiger partial charge on any atom is -0.311 e. The van der Waals surface area contributed by atoms with Crippen molar-refractivity contribution in [3.8, 4) is 22.3 Å². The second-order valence-electron chi connectivity index (χ2n) is 18.8. The molecule has 0 N–H and O–H groups in total. The van der Waals surface area contributed by atoms with Crippen LogP contribution in [0.1, 0.15) is 0 Å². The molecule has 0 aliphatic rings. The Bertz CT molecular complexity index is 3670. The van der Waals surface area contributed by atoms with Crippen molar-refractivity contribution in [3.63, 3.8) is 0 Å². The van der Waals surface area contributed by atoms with Gasteiger partial charge in [0.25, 0.3) is 0 Å². The first-order valence-electron chi connectivity index (χ1n) is 26.0. The summed E-state index contributed by atoms with van der Waals surface area (Å²) in [5.74, 6) is 0. The first-order valence-corrected chi connectivity index (χ1v) is 26.0. The zero-order chi connectivity index (χ0) is 52.0. The molecule has 0 unspecified atom stereocenters. The van der Waals surface area contributed by atoms with E-state index in [1.54, 1.807) is 0 Å². The van der Waals surface area contributed by atoms with Crippen molar-refractivity contribution >= 4 is 89.8 Å².